The van der Waals surface area contributed by atoms with Gasteiger partial charge in [0.2, 0.25) is 0 Å². The standard InChI is InChI=1S/C9H22N2O/c1-9(11-3)5-4-7-12-8-6-10-2/h9-11H,4-8H2,1-3H3/t9-/m0/s1. The van der Waals surface area contributed by atoms with Crippen LogP contribution in [0.5, 0.6) is 0 Å². The van der Waals surface area contributed by atoms with Crippen molar-refractivity contribution in [1.82, 2.24) is 10.6 Å². The number of hydrogen-bond acceptors (Lipinski definition) is 3. The Labute approximate surface area is 75.9 Å². The van der Waals surface area contributed by atoms with Crippen molar-refractivity contribution < 1.29 is 4.74 Å². The first-order valence-corrected chi connectivity index (χ1v) is 4.71. The Hall–Kier alpha value is -0.120. The second kappa shape index (κ2) is 8.97. The summed E-state index contributed by atoms with van der Waals surface area (Å²) in [6.45, 7) is 4.84. The molecule has 0 amide bonds. The van der Waals surface area contributed by atoms with E-state index in [1.165, 1.54) is 6.42 Å². The van der Waals surface area contributed by atoms with Gasteiger partial charge in [-0.15, -0.1) is 0 Å². The predicted octanol–water partition coefficient (Wildman–Crippen LogP) is 0.610. The Balaban J connectivity index is 2.90. The maximum atomic E-state index is 5.38. The number of likely N-dealkylation sites (N-methyl/N-ethyl adjacent to an activating group) is 1. The van der Waals surface area contributed by atoms with Gasteiger partial charge >= 0.3 is 0 Å². The zero-order valence-electron chi connectivity index (χ0n) is 8.52. The van der Waals surface area contributed by atoms with Gasteiger partial charge in [0, 0.05) is 19.2 Å². The van der Waals surface area contributed by atoms with Crippen LogP contribution in [-0.4, -0.2) is 39.9 Å². The van der Waals surface area contributed by atoms with Crippen LogP contribution in [0.4, 0.5) is 0 Å². The van der Waals surface area contributed by atoms with E-state index >= 15 is 0 Å². The topological polar surface area (TPSA) is 33.3 Å². The fraction of sp³-hybridized carbons (Fsp3) is 1.00. The van der Waals surface area contributed by atoms with E-state index in [2.05, 4.69) is 17.6 Å². The van der Waals surface area contributed by atoms with Crippen LogP contribution in [0.2, 0.25) is 0 Å². The lowest BCUT2D eigenvalue weighted by molar-refractivity contribution is 0.131. The minimum atomic E-state index is 0.609. The van der Waals surface area contributed by atoms with Crippen LogP contribution >= 0.6 is 0 Å². The van der Waals surface area contributed by atoms with E-state index in [4.69, 9.17) is 4.74 Å². The third-order valence-electron chi connectivity index (χ3n) is 1.92. The Kier molecular flexibility index (Phi) is 8.88. The van der Waals surface area contributed by atoms with E-state index in [9.17, 15) is 0 Å². The first-order valence-electron chi connectivity index (χ1n) is 4.71. The van der Waals surface area contributed by atoms with Crippen LogP contribution in [0.25, 0.3) is 0 Å². The SMILES string of the molecule is CNCCOCCC[C@H](C)NC. The van der Waals surface area contributed by atoms with Crippen molar-refractivity contribution >= 4 is 0 Å². The summed E-state index contributed by atoms with van der Waals surface area (Å²) in [5, 5.41) is 6.24. The fourth-order valence-corrected chi connectivity index (χ4v) is 0.912. The molecule has 0 aliphatic rings. The van der Waals surface area contributed by atoms with Gasteiger partial charge in [0.1, 0.15) is 0 Å². The van der Waals surface area contributed by atoms with Crippen LogP contribution in [0.15, 0.2) is 0 Å². The Morgan fingerprint density at radius 2 is 2.00 bits per heavy atom. The molecule has 12 heavy (non-hydrogen) atoms. The molecule has 0 radical (unpaired) electrons. The van der Waals surface area contributed by atoms with E-state index in [-0.39, 0.29) is 0 Å². The smallest absolute Gasteiger partial charge is 0.0590 e. The van der Waals surface area contributed by atoms with Gasteiger partial charge in [0.05, 0.1) is 6.61 Å². The van der Waals surface area contributed by atoms with Gasteiger partial charge < -0.3 is 15.4 Å². The third-order valence-corrected chi connectivity index (χ3v) is 1.92. The summed E-state index contributed by atoms with van der Waals surface area (Å²) in [7, 11) is 3.93. The largest absolute Gasteiger partial charge is 0.380 e. The highest BCUT2D eigenvalue weighted by atomic mass is 16.5. The van der Waals surface area contributed by atoms with Crippen LogP contribution in [0, 0.1) is 0 Å². The van der Waals surface area contributed by atoms with Gasteiger partial charge in [-0.3, -0.25) is 0 Å². The second-order valence-corrected chi connectivity index (χ2v) is 3.05. The highest BCUT2D eigenvalue weighted by Gasteiger charge is 1.96. The number of rotatable bonds is 8. The van der Waals surface area contributed by atoms with Crippen molar-refractivity contribution in [2.75, 3.05) is 33.9 Å². The van der Waals surface area contributed by atoms with Crippen LogP contribution in [0.1, 0.15) is 19.8 Å². The molecule has 0 aliphatic heterocycles. The highest BCUT2D eigenvalue weighted by Crippen LogP contribution is 1.95. The lowest BCUT2D eigenvalue weighted by atomic mass is 10.2. The zero-order valence-corrected chi connectivity index (χ0v) is 8.52. The molecule has 0 saturated carbocycles. The summed E-state index contributed by atoms with van der Waals surface area (Å²) >= 11 is 0. The zero-order chi connectivity index (χ0) is 9.23. The summed E-state index contributed by atoms with van der Waals surface area (Å²) in [4.78, 5) is 0. The minimum Gasteiger partial charge on any atom is -0.380 e. The van der Waals surface area contributed by atoms with Gasteiger partial charge in [-0.2, -0.15) is 0 Å². The number of hydrogen-bond donors (Lipinski definition) is 2. The lowest BCUT2D eigenvalue weighted by Gasteiger charge is -2.09. The van der Waals surface area contributed by atoms with Gasteiger partial charge in [0.15, 0.2) is 0 Å². The molecule has 2 N–H and O–H groups in total. The second-order valence-electron chi connectivity index (χ2n) is 3.05. The molecule has 0 unspecified atom stereocenters. The molecule has 0 aromatic heterocycles. The molecule has 0 saturated heterocycles. The maximum Gasteiger partial charge on any atom is 0.0590 e. The molecule has 0 heterocycles. The van der Waals surface area contributed by atoms with Crippen molar-refractivity contribution in [1.29, 1.82) is 0 Å². The normalized spacial score (nSPS) is 13.2. The van der Waals surface area contributed by atoms with Crippen molar-refractivity contribution in [3.05, 3.63) is 0 Å². The molecule has 74 valence electrons. The van der Waals surface area contributed by atoms with Crippen LogP contribution in [0.3, 0.4) is 0 Å². The molecule has 3 nitrogen and oxygen atoms in total. The van der Waals surface area contributed by atoms with Crippen molar-refractivity contribution in [3.8, 4) is 0 Å². The summed E-state index contributed by atoms with van der Waals surface area (Å²) in [6.07, 6.45) is 2.34. The number of nitrogens with one attached hydrogen (secondary N) is 2. The monoisotopic (exact) mass is 174 g/mol. The summed E-state index contributed by atoms with van der Waals surface area (Å²) < 4.78 is 5.38. The molecule has 0 fully saturated rings. The van der Waals surface area contributed by atoms with Gasteiger partial charge in [-0.05, 0) is 33.9 Å². The minimum absolute atomic E-state index is 0.609. The Bertz CT molecular complexity index is 88.6. The molecule has 0 aliphatic carbocycles. The molecular formula is C9H22N2O. The van der Waals surface area contributed by atoms with E-state index in [0.29, 0.717) is 6.04 Å². The molecule has 0 spiro atoms. The lowest BCUT2D eigenvalue weighted by Crippen LogP contribution is -2.21. The van der Waals surface area contributed by atoms with Crippen molar-refractivity contribution in [2.24, 2.45) is 0 Å². The molecule has 3 heteroatoms. The first-order chi connectivity index (χ1) is 5.81. The Morgan fingerprint density at radius 3 is 2.58 bits per heavy atom. The van der Waals surface area contributed by atoms with Gasteiger partial charge in [-0.25, -0.2) is 0 Å². The fourth-order valence-electron chi connectivity index (χ4n) is 0.912. The molecule has 0 aromatic rings. The van der Waals surface area contributed by atoms with E-state index < -0.39 is 0 Å². The average molecular weight is 174 g/mol. The predicted molar refractivity (Wildman–Crippen MR) is 52.5 cm³/mol. The molecule has 0 rings (SSSR count). The average Bonchev–Trinajstić information content (AvgIpc) is 2.10. The first kappa shape index (κ1) is 11.9. The van der Waals surface area contributed by atoms with Gasteiger partial charge in [0.25, 0.3) is 0 Å². The third kappa shape index (κ3) is 7.98. The molecule has 1 atom stereocenters. The summed E-state index contributed by atoms with van der Waals surface area (Å²) in [6, 6.07) is 0.609. The highest BCUT2D eigenvalue weighted by molar-refractivity contribution is 4.55. The van der Waals surface area contributed by atoms with Crippen molar-refractivity contribution in [3.63, 3.8) is 0 Å². The molecule has 0 bridgehead atoms. The molecule has 0 aromatic carbocycles. The summed E-state index contributed by atoms with van der Waals surface area (Å²) in [5.41, 5.74) is 0. The summed E-state index contributed by atoms with van der Waals surface area (Å²) in [5.74, 6) is 0. The van der Waals surface area contributed by atoms with E-state index in [0.717, 1.165) is 26.2 Å². The van der Waals surface area contributed by atoms with E-state index in [1.54, 1.807) is 0 Å². The number of ether oxygens (including phenoxy) is 1. The molecular weight excluding hydrogens is 152 g/mol. The van der Waals surface area contributed by atoms with Crippen molar-refractivity contribution in [2.45, 2.75) is 25.8 Å². The quantitative estimate of drug-likeness (QED) is 0.529. The van der Waals surface area contributed by atoms with Crippen LogP contribution < -0.4 is 10.6 Å². The van der Waals surface area contributed by atoms with Crippen LogP contribution in [-0.2, 0) is 4.74 Å². The maximum absolute atomic E-state index is 5.38. The Morgan fingerprint density at radius 1 is 1.25 bits per heavy atom. The van der Waals surface area contributed by atoms with Gasteiger partial charge in [-0.1, -0.05) is 0 Å². The van der Waals surface area contributed by atoms with E-state index in [1.807, 2.05) is 14.1 Å².